The Morgan fingerprint density at radius 1 is 0.604 bits per heavy atom. The number of aromatic carboxylic acids is 1. The van der Waals surface area contributed by atoms with Crippen molar-refractivity contribution in [1.29, 1.82) is 0 Å². The number of pyridine rings is 6. The molecule has 8 rings (SSSR count). The number of nitrogens with two attached hydrogens (primary N) is 1. The smallest absolute Gasteiger partial charge is 0.427 e. The van der Waals surface area contributed by atoms with Gasteiger partial charge in [0.25, 0.3) is 0 Å². The van der Waals surface area contributed by atoms with Gasteiger partial charge in [-0.2, -0.15) is 0 Å². The second kappa shape index (κ2) is 16.8. The van der Waals surface area contributed by atoms with Crippen molar-refractivity contribution in [3.63, 3.8) is 0 Å². The number of nitrogens with zero attached hydrogens (tertiary/aromatic N) is 6. The van der Waals surface area contributed by atoms with Gasteiger partial charge in [0.1, 0.15) is 11.5 Å². The zero-order chi connectivity index (χ0) is 37.0. The molecule has 53 heavy (non-hydrogen) atoms. The van der Waals surface area contributed by atoms with E-state index in [1.165, 1.54) is 12.7 Å². The Morgan fingerprint density at radius 2 is 1.08 bits per heavy atom. The predicted molar refractivity (Wildman–Crippen MR) is 205 cm³/mol. The molecule has 0 atom stereocenters. The predicted octanol–water partition coefficient (Wildman–Crippen LogP) is 8.63. The summed E-state index contributed by atoms with van der Waals surface area (Å²) in [5.74, 6) is 0.0827. The lowest BCUT2D eigenvalue weighted by Gasteiger charge is -2.15. The maximum Gasteiger partial charge on any atom is 0.427 e. The van der Waals surface area contributed by atoms with Gasteiger partial charge in [0.15, 0.2) is 0 Å². The summed E-state index contributed by atoms with van der Waals surface area (Å²) in [6.07, 6.45) is 9.90. The van der Waals surface area contributed by atoms with Crippen LogP contribution in [-0.4, -0.2) is 47.6 Å². The number of carboxylic acid groups (broad SMARTS) is 1. The monoisotopic (exact) mass is 721 g/mol. The number of hydrogen-bond donors (Lipinski definition) is 2. The summed E-state index contributed by atoms with van der Waals surface area (Å²) in [5.41, 5.74) is 11.0. The van der Waals surface area contributed by atoms with Crippen LogP contribution in [0, 0.1) is 0 Å². The summed E-state index contributed by atoms with van der Waals surface area (Å²) in [6, 6.07) is 36.0. The highest BCUT2D eigenvalue weighted by Crippen LogP contribution is 2.44. The molecule has 262 valence electrons. The van der Waals surface area contributed by atoms with E-state index in [4.69, 9.17) is 14.8 Å². The SMILES string of the molecule is CP(=O)(Oc1ccccc1)Oc1ccccc1.Nc1cc(-c2ccccn2)nc2cnccc12.O=C(O)c1cc(-c2ccccn2)nc2cnccc12. The molecule has 0 saturated heterocycles. The van der Waals surface area contributed by atoms with Crippen LogP contribution in [0.25, 0.3) is 44.6 Å². The van der Waals surface area contributed by atoms with Gasteiger partial charge < -0.3 is 19.9 Å². The Bertz CT molecular complexity index is 2450. The molecule has 3 N–H and O–H groups in total. The largest absolute Gasteiger partial charge is 0.478 e. The first-order valence-electron chi connectivity index (χ1n) is 16.1. The highest BCUT2D eigenvalue weighted by molar-refractivity contribution is 7.53. The molecule has 0 spiro atoms. The number of anilines is 1. The summed E-state index contributed by atoms with van der Waals surface area (Å²) in [5, 5.41) is 10.8. The third-order valence-corrected chi connectivity index (χ3v) is 8.46. The minimum absolute atomic E-state index is 0.202. The van der Waals surface area contributed by atoms with Crippen molar-refractivity contribution in [2.45, 2.75) is 0 Å². The van der Waals surface area contributed by atoms with Crippen LogP contribution < -0.4 is 14.8 Å². The number of benzene rings is 2. The van der Waals surface area contributed by atoms with Gasteiger partial charge in [0.2, 0.25) is 0 Å². The first kappa shape index (κ1) is 35.8. The maximum absolute atomic E-state index is 12.1. The molecule has 6 heterocycles. The van der Waals surface area contributed by atoms with Gasteiger partial charge in [-0.15, -0.1) is 0 Å². The van der Waals surface area contributed by atoms with Crippen molar-refractivity contribution in [1.82, 2.24) is 29.9 Å². The molecule has 0 amide bonds. The molecule has 8 aromatic rings. The van der Waals surface area contributed by atoms with Gasteiger partial charge >= 0.3 is 13.6 Å². The zero-order valence-electron chi connectivity index (χ0n) is 28.3. The van der Waals surface area contributed by atoms with Gasteiger partial charge in [0, 0.05) is 41.2 Å². The summed E-state index contributed by atoms with van der Waals surface area (Å²) >= 11 is 0. The van der Waals surface area contributed by atoms with Gasteiger partial charge in [-0.05, 0) is 72.8 Å². The van der Waals surface area contributed by atoms with E-state index in [0.29, 0.717) is 39.5 Å². The van der Waals surface area contributed by atoms with Crippen molar-refractivity contribution in [2.75, 3.05) is 12.4 Å². The molecule has 0 bridgehead atoms. The lowest BCUT2D eigenvalue weighted by molar-refractivity contribution is 0.0699. The van der Waals surface area contributed by atoms with E-state index in [0.717, 1.165) is 22.3 Å². The highest BCUT2D eigenvalue weighted by atomic mass is 31.2. The summed E-state index contributed by atoms with van der Waals surface area (Å²) in [6.45, 7) is 1.45. The Morgan fingerprint density at radius 3 is 1.57 bits per heavy atom. The van der Waals surface area contributed by atoms with Crippen molar-refractivity contribution in [2.24, 2.45) is 0 Å². The number of carbonyl (C=O) groups is 1. The topological polar surface area (TPSA) is 176 Å². The number of para-hydroxylation sites is 2. The van der Waals surface area contributed by atoms with E-state index in [9.17, 15) is 14.5 Å². The molecule has 0 aliphatic carbocycles. The van der Waals surface area contributed by atoms with E-state index in [2.05, 4.69) is 29.9 Å². The zero-order valence-corrected chi connectivity index (χ0v) is 29.2. The van der Waals surface area contributed by atoms with Crippen LogP contribution in [0.15, 0.2) is 159 Å². The third kappa shape index (κ3) is 9.60. The first-order chi connectivity index (χ1) is 25.8. The Balaban J connectivity index is 0.000000136. The van der Waals surface area contributed by atoms with Crippen LogP contribution >= 0.6 is 7.60 Å². The summed E-state index contributed by atoms with van der Waals surface area (Å²) < 4.78 is 22.8. The fraction of sp³-hybridized carbons (Fsp3) is 0.0250. The van der Waals surface area contributed by atoms with Gasteiger partial charge in [-0.1, -0.05) is 48.5 Å². The Kier molecular flexibility index (Phi) is 11.3. The summed E-state index contributed by atoms with van der Waals surface area (Å²) in [7, 11) is -3.14. The lowest BCUT2D eigenvalue weighted by Crippen LogP contribution is -2.01. The summed E-state index contributed by atoms with van der Waals surface area (Å²) in [4.78, 5) is 36.7. The van der Waals surface area contributed by atoms with Crippen molar-refractivity contribution < 1.29 is 23.5 Å². The van der Waals surface area contributed by atoms with E-state index >= 15 is 0 Å². The van der Waals surface area contributed by atoms with E-state index in [1.807, 2.05) is 72.8 Å². The molecular formula is C40H32N7O5P. The number of nitrogen functional groups attached to an aromatic ring is 1. The number of rotatable bonds is 7. The van der Waals surface area contributed by atoms with Crippen LogP contribution in [0.3, 0.4) is 0 Å². The number of fused-ring (bicyclic) bond motifs is 2. The van der Waals surface area contributed by atoms with Crippen molar-refractivity contribution in [3.8, 4) is 34.3 Å². The highest BCUT2D eigenvalue weighted by Gasteiger charge is 2.20. The number of aromatic nitrogens is 6. The normalized spacial score (nSPS) is 10.7. The third-order valence-electron chi connectivity index (χ3n) is 7.37. The van der Waals surface area contributed by atoms with E-state index < -0.39 is 13.6 Å². The molecule has 2 aromatic carbocycles. The molecule has 0 unspecified atom stereocenters. The molecule has 0 fully saturated rings. The van der Waals surface area contributed by atoms with Crippen LogP contribution in [0.1, 0.15) is 10.4 Å². The second-order valence-corrected chi connectivity index (χ2v) is 13.2. The molecule has 0 saturated carbocycles. The fourth-order valence-electron chi connectivity index (χ4n) is 5.02. The molecular weight excluding hydrogens is 689 g/mol. The van der Waals surface area contributed by atoms with Gasteiger partial charge in [0.05, 0.1) is 58.4 Å². The first-order valence-corrected chi connectivity index (χ1v) is 18.1. The number of hydrogen-bond acceptors (Lipinski definition) is 11. The minimum Gasteiger partial charge on any atom is -0.478 e. The molecule has 0 aliphatic heterocycles. The lowest BCUT2D eigenvalue weighted by atomic mass is 10.1. The van der Waals surface area contributed by atoms with Gasteiger partial charge in [-0.3, -0.25) is 19.9 Å². The standard InChI is InChI=1S/C14H9N3O2.C13H10N4.C13H13O3P/c18-14(19)10-7-12(11-3-1-2-5-16-11)17-13-8-15-6-4-9(10)13;14-10-7-12(11-3-1-2-5-16-11)17-13-8-15-6-4-9(10)13;1-17(14,15-12-8-4-2-5-9-12)16-13-10-6-3-7-11-13/h1-8H,(H,18,19);1-8H,(H2,14,17);2-11H,1H3. The molecule has 6 aromatic heterocycles. The average Bonchev–Trinajstić information content (AvgIpc) is 3.19. The quantitative estimate of drug-likeness (QED) is 0.150. The Labute approximate surface area is 304 Å². The van der Waals surface area contributed by atoms with Crippen molar-refractivity contribution in [3.05, 3.63) is 164 Å². The molecule has 12 nitrogen and oxygen atoms in total. The molecule has 0 radical (unpaired) electrons. The second-order valence-electron chi connectivity index (χ2n) is 11.3. The van der Waals surface area contributed by atoms with Crippen LogP contribution in [-0.2, 0) is 4.57 Å². The van der Waals surface area contributed by atoms with Crippen LogP contribution in [0.4, 0.5) is 5.69 Å². The Hall–Kier alpha value is -7.04. The average molecular weight is 722 g/mol. The van der Waals surface area contributed by atoms with E-state index in [1.54, 1.807) is 79.6 Å². The van der Waals surface area contributed by atoms with Crippen molar-refractivity contribution >= 4 is 41.1 Å². The molecule has 0 aliphatic rings. The van der Waals surface area contributed by atoms with Gasteiger partial charge in [-0.25, -0.2) is 19.3 Å². The minimum atomic E-state index is -3.14. The van der Waals surface area contributed by atoms with Crippen LogP contribution in [0.5, 0.6) is 11.5 Å². The maximum atomic E-state index is 12.1. The van der Waals surface area contributed by atoms with Crippen LogP contribution in [0.2, 0.25) is 0 Å². The number of carboxylic acids is 1. The fourth-order valence-corrected chi connectivity index (χ4v) is 6.06. The van der Waals surface area contributed by atoms with E-state index in [-0.39, 0.29) is 5.56 Å². The molecule has 13 heteroatoms.